The lowest BCUT2D eigenvalue weighted by Gasteiger charge is -2.18. The molecule has 0 atom stereocenters. The van der Waals surface area contributed by atoms with Crippen molar-refractivity contribution in [2.45, 2.75) is 17.9 Å². The van der Waals surface area contributed by atoms with Crippen LogP contribution in [0.2, 0.25) is 5.02 Å². The van der Waals surface area contributed by atoms with Crippen LogP contribution in [0.25, 0.3) is 10.2 Å². The molecule has 1 aliphatic heterocycles. The van der Waals surface area contributed by atoms with Gasteiger partial charge in [-0.15, -0.1) is 0 Å². The van der Waals surface area contributed by atoms with Gasteiger partial charge in [-0.2, -0.15) is 4.99 Å². The van der Waals surface area contributed by atoms with E-state index in [0.29, 0.717) is 35.3 Å². The van der Waals surface area contributed by atoms with E-state index in [0.717, 1.165) is 4.70 Å². The van der Waals surface area contributed by atoms with Crippen molar-refractivity contribution in [1.29, 1.82) is 0 Å². The number of hydrogen-bond donors (Lipinski definition) is 0. The number of hydrogen-bond acceptors (Lipinski definition) is 8. The Kier molecular flexibility index (Phi) is 6.73. The Morgan fingerprint density at radius 2 is 1.82 bits per heavy atom. The molecular formula is C21H19ClN2O7S2. The Balaban J connectivity index is 1.72. The molecule has 1 aromatic heterocycles. The topological polar surface area (TPSA) is 113 Å². The van der Waals surface area contributed by atoms with Gasteiger partial charge >= 0.3 is 5.97 Å². The summed E-state index contributed by atoms with van der Waals surface area (Å²) in [4.78, 5) is 28.6. The largest absolute Gasteiger partial charge is 0.486 e. The van der Waals surface area contributed by atoms with Crippen LogP contribution < -0.4 is 14.3 Å². The summed E-state index contributed by atoms with van der Waals surface area (Å²) in [7, 11) is -2.61. The number of fused-ring (bicyclic) bond motifs is 2. The van der Waals surface area contributed by atoms with Crippen molar-refractivity contribution in [2.75, 3.05) is 26.1 Å². The number of methoxy groups -OCH3 is 1. The SMILES string of the molecule is COC(=O)CCn1c(=NC(=O)CS(=O)(=O)c2ccc(Cl)cc2)sc2cc3c(cc21)OCCO3. The monoisotopic (exact) mass is 510 g/mol. The number of amides is 1. The summed E-state index contributed by atoms with van der Waals surface area (Å²) < 4.78 is 43.6. The Bertz CT molecular complexity index is 1390. The number of halogens is 1. The molecule has 0 N–H and O–H groups in total. The van der Waals surface area contributed by atoms with Crippen LogP contribution in [0.3, 0.4) is 0 Å². The highest BCUT2D eigenvalue weighted by Crippen LogP contribution is 2.35. The van der Waals surface area contributed by atoms with Gasteiger partial charge < -0.3 is 18.8 Å². The van der Waals surface area contributed by atoms with Crippen molar-refractivity contribution >= 4 is 54.9 Å². The van der Waals surface area contributed by atoms with Gasteiger partial charge in [0.25, 0.3) is 5.91 Å². The Hall–Kier alpha value is -2.89. The van der Waals surface area contributed by atoms with Gasteiger partial charge in [0, 0.05) is 23.7 Å². The molecule has 0 saturated heterocycles. The highest BCUT2D eigenvalue weighted by molar-refractivity contribution is 7.92. The number of carbonyl (C=O) groups excluding carboxylic acids is 2. The molecular weight excluding hydrogens is 492 g/mol. The standard InChI is InChI=1S/C21H19ClN2O7S2/c1-29-20(26)6-7-24-15-10-16-17(31-9-8-30-16)11-18(15)32-21(24)23-19(25)12-33(27,28)14-4-2-13(22)3-5-14/h2-5,10-11H,6-9,12H2,1H3. The maximum Gasteiger partial charge on any atom is 0.307 e. The van der Waals surface area contributed by atoms with Crippen LogP contribution in [0.5, 0.6) is 11.5 Å². The van der Waals surface area contributed by atoms with Gasteiger partial charge in [-0.05, 0) is 24.3 Å². The van der Waals surface area contributed by atoms with Gasteiger partial charge in [0.15, 0.2) is 26.1 Å². The molecule has 1 amide bonds. The van der Waals surface area contributed by atoms with E-state index in [-0.39, 0.29) is 22.7 Å². The molecule has 0 bridgehead atoms. The van der Waals surface area contributed by atoms with Crippen LogP contribution in [0.4, 0.5) is 0 Å². The average Bonchev–Trinajstić information content (AvgIpc) is 3.11. The zero-order valence-electron chi connectivity index (χ0n) is 17.4. The van der Waals surface area contributed by atoms with E-state index < -0.39 is 27.5 Å². The lowest BCUT2D eigenvalue weighted by Crippen LogP contribution is -2.22. The predicted octanol–water partition coefficient (Wildman–Crippen LogP) is 2.59. The van der Waals surface area contributed by atoms with Gasteiger partial charge in [-0.25, -0.2) is 8.42 Å². The fourth-order valence-corrected chi connectivity index (χ4v) is 5.56. The van der Waals surface area contributed by atoms with Crippen molar-refractivity contribution in [2.24, 2.45) is 4.99 Å². The zero-order chi connectivity index (χ0) is 23.6. The van der Waals surface area contributed by atoms with E-state index in [1.807, 2.05) is 0 Å². The van der Waals surface area contributed by atoms with Gasteiger partial charge in [0.1, 0.15) is 19.0 Å². The fraction of sp³-hybridized carbons (Fsp3) is 0.286. The van der Waals surface area contributed by atoms with Crippen molar-refractivity contribution in [3.8, 4) is 11.5 Å². The Morgan fingerprint density at radius 1 is 1.15 bits per heavy atom. The maximum atomic E-state index is 12.6. The lowest BCUT2D eigenvalue weighted by molar-refractivity contribution is -0.140. The van der Waals surface area contributed by atoms with Crippen LogP contribution in [0.1, 0.15) is 6.42 Å². The number of esters is 1. The molecule has 2 heterocycles. The van der Waals surface area contributed by atoms with E-state index in [1.54, 1.807) is 16.7 Å². The average molecular weight is 511 g/mol. The van der Waals surface area contributed by atoms with E-state index >= 15 is 0 Å². The predicted molar refractivity (Wildman–Crippen MR) is 122 cm³/mol. The molecule has 0 radical (unpaired) electrons. The highest BCUT2D eigenvalue weighted by atomic mass is 35.5. The van der Waals surface area contributed by atoms with Gasteiger partial charge in [0.05, 0.1) is 28.6 Å². The smallest absolute Gasteiger partial charge is 0.307 e. The third kappa shape index (κ3) is 5.21. The number of ether oxygens (including phenoxy) is 3. The van der Waals surface area contributed by atoms with Crippen LogP contribution in [0, 0.1) is 0 Å². The molecule has 1 aliphatic rings. The third-order valence-electron chi connectivity index (χ3n) is 4.82. The molecule has 33 heavy (non-hydrogen) atoms. The van der Waals surface area contributed by atoms with Crippen LogP contribution in [-0.2, 0) is 30.7 Å². The molecule has 0 aliphatic carbocycles. The van der Waals surface area contributed by atoms with Crippen molar-refractivity contribution in [3.63, 3.8) is 0 Å². The summed E-state index contributed by atoms with van der Waals surface area (Å²) in [6, 6.07) is 9.09. The van der Waals surface area contributed by atoms with E-state index in [9.17, 15) is 18.0 Å². The van der Waals surface area contributed by atoms with Gasteiger partial charge in [-0.3, -0.25) is 9.59 Å². The second kappa shape index (κ2) is 9.54. The number of aromatic nitrogens is 1. The summed E-state index contributed by atoms with van der Waals surface area (Å²) in [6.07, 6.45) is 0.0429. The molecule has 12 heteroatoms. The molecule has 0 saturated carbocycles. The minimum atomic E-state index is -3.90. The number of rotatable bonds is 6. The summed E-state index contributed by atoms with van der Waals surface area (Å²) in [6.45, 7) is 1.01. The minimum Gasteiger partial charge on any atom is -0.486 e. The summed E-state index contributed by atoms with van der Waals surface area (Å²) in [5, 5.41) is 0.387. The van der Waals surface area contributed by atoms with Gasteiger partial charge in [-0.1, -0.05) is 22.9 Å². The molecule has 3 aromatic rings. The first-order valence-corrected chi connectivity index (χ1v) is 12.7. The van der Waals surface area contributed by atoms with Crippen LogP contribution in [0.15, 0.2) is 46.3 Å². The Morgan fingerprint density at radius 3 is 2.48 bits per heavy atom. The normalized spacial score (nSPS) is 13.8. The summed E-state index contributed by atoms with van der Waals surface area (Å²) in [5.41, 5.74) is 0.681. The highest BCUT2D eigenvalue weighted by Gasteiger charge is 2.21. The van der Waals surface area contributed by atoms with Crippen molar-refractivity contribution in [3.05, 3.63) is 46.2 Å². The number of thiazole rings is 1. The quantitative estimate of drug-likeness (QED) is 0.468. The fourth-order valence-electron chi connectivity index (χ4n) is 3.24. The lowest BCUT2D eigenvalue weighted by atomic mass is 10.2. The molecule has 9 nitrogen and oxygen atoms in total. The van der Waals surface area contributed by atoms with Crippen molar-refractivity contribution in [1.82, 2.24) is 4.57 Å². The molecule has 0 unspecified atom stereocenters. The van der Waals surface area contributed by atoms with Crippen LogP contribution in [-0.4, -0.2) is 50.9 Å². The molecule has 0 spiro atoms. The number of nitrogens with zero attached hydrogens (tertiary/aromatic N) is 2. The first-order chi connectivity index (χ1) is 15.8. The second-order valence-corrected chi connectivity index (χ2v) is 10.5. The maximum absolute atomic E-state index is 12.6. The number of aryl methyl sites for hydroxylation is 1. The zero-order valence-corrected chi connectivity index (χ0v) is 19.8. The van der Waals surface area contributed by atoms with Crippen LogP contribution >= 0.6 is 22.9 Å². The minimum absolute atomic E-state index is 0.0210. The molecule has 2 aromatic carbocycles. The summed E-state index contributed by atoms with van der Waals surface area (Å²) in [5.74, 6) is -0.953. The third-order valence-corrected chi connectivity index (χ3v) is 7.73. The Labute approximate surface area is 198 Å². The molecule has 4 rings (SSSR count). The first-order valence-electron chi connectivity index (χ1n) is 9.82. The first kappa shape index (κ1) is 23.3. The summed E-state index contributed by atoms with van der Waals surface area (Å²) >= 11 is 6.99. The van der Waals surface area contributed by atoms with E-state index in [2.05, 4.69) is 4.99 Å². The van der Waals surface area contributed by atoms with Crippen molar-refractivity contribution < 1.29 is 32.2 Å². The van der Waals surface area contributed by atoms with Gasteiger partial charge in [0.2, 0.25) is 0 Å². The van der Waals surface area contributed by atoms with E-state index in [1.165, 1.54) is 42.7 Å². The number of benzene rings is 2. The van der Waals surface area contributed by atoms with E-state index in [4.69, 9.17) is 25.8 Å². The number of carbonyl (C=O) groups is 2. The second-order valence-electron chi connectivity index (χ2n) is 7.04. The molecule has 174 valence electrons. The molecule has 0 fully saturated rings. The number of sulfone groups is 1.